The summed E-state index contributed by atoms with van der Waals surface area (Å²) >= 11 is 0. The van der Waals surface area contributed by atoms with Gasteiger partial charge >= 0.3 is 0 Å². The molecule has 3 rings (SSSR count). The molecule has 25 heavy (non-hydrogen) atoms. The van der Waals surface area contributed by atoms with Crippen LogP contribution in [-0.2, 0) is 6.54 Å². The number of halogens is 1. The summed E-state index contributed by atoms with van der Waals surface area (Å²) < 4.78 is 24.5. The molecule has 1 aliphatic heterocycles. The van der Waals surface area contributed by atoms with Crippen LogP contribution in [0.3, 0.4) is 0 Å². The summed E-state index contributed by atoms with van der Waals surface area (Å²) in [4.78, 5) is 6.78. The molecule has 1 saturated heterocycles. The van der Waals surface area contributed by atoms with E-state index in [1.54, 1.807) is 38.6 Å². The first-order chi connectivity index (χ1) is 12.2. The van der Waals surface area contributed by atoms with Crippen LogP contribution in [-0.4, -0.2) is 43.2 Å². The number of piperidine rings is 1. The van der Waals surface area contributed by atoms with E-state index in [0.717, 1.165) is 31.6 Å². The molecule has 1 aliphatic rings. The minimum Gasteiger partial charge on any atom is -0.493 e. The second kappa shape index (κ2) is 8.16. The molecule has 0 unspecified atom stereocenters. The van der Waals surface area contributed by atoms with Crippen molar-refractivity contribution in [1.29, 1.82) is 0 Å². The standard InChI is InChI=1S/C19H24FN3O2/c1-24-18-7-10-21-17(19(18)25-2)13-23-11-8-14(9-12-23)22-16-6-4-3-5-15(16)20/h3-7,10,14,22H,8-9,11-13H2,1-2H3. The van der Waals surface area contributed by atoms with E-state index >= 15 is 0 Å². The molecule has 0 amide bonds. The van der Waals surface area contributed by atoms with Crippen LogP contribution in [0.15, 0.2) is 36.5 Å². The minimum atomic E-state index is -0.199. The summed E-state index contributed by atoms with van der Waals surface area (Å²) in [7, 11) is 3.26. The van der Waals surface area contributed by atoms with E-state index in [2.05, 4.69) is 15.2 Å². The van der Waals surface area contributed by atoms with Crippen LogP contribution < -0.4 is 14.8 Å². The van der Waals surface area contributed by atoms with Gasteiger partial charge in [-0.2, -0.15) is 0 Å². The smallest absolute Gasteiger partial charge is 0.183 e. The van der Waals surface area contributed by atoms with E-state index in [4.69, 9.17) is 9.47 Å². The van der Waals surface area contributed by atoms with Crippen molar-refractivity contribution in [1.82, 2.24) is 9.88 Å². The fourth-order valence-corrected chi connectivity index (χ4v) is 3.21. The third kappa shape index (κ3) is 4.20. The number of hydrogen-bond acceptors (Lipinski definition) is 5. The number of methoxy groups -OCH3 is 2. The Morgan fingerprint density at radius 2 is 1.92 bits per heavy atom. The molecule has 2 aromatic rings. The monoisotopic (exact) mass is 345 g/mol. The molecule has 1 N–H and O–H groups in total. The Morgan fingerprint density at radius 1 is 1.16 bits per heavy atom. The summed E-state index contributed by atoms with van der Waals surface area (Å²) in [6.07, 6.45) is 3.66. The Morgan fingerprint density at radius 3 is 2.60 bits per heavy atom. The lowest BCUT2D eigenvalue weighted by Crippen LogP contribution is -2.39. The average Bonchev–Trinajstić information content (AvgIpc) is 2.65. The fourth-order valence-electron chi connectivity index (χ4n) is 3.21. The van der Waals surface area contributed by atoms with Crippen LogP contribution in [0.4, 0.5) is 10.1 Å². The number of nitrogens with one attached hydrogen (secondary N) is 1. The van der Waals surface area contributed by atoms with E-state index in [0.29, 0.717) is 23.7 Å². The quantitative estimate of drug-likeness (QED) is 0.870. The normalized spacial score (nSPS) is 15.8. The van der Waals surface area contributed by atoms with Crippen LogP contribution in [0, 0.1) is 5.82 Å². The van der Waals surface area contributed by atoms with Crippen LogP contribution >= 0.6 is 0 Å². The van der Waals surface area contributed by atoms with E-state index < -0.39 is 0 Å². The third-order valence-electron chi connectivity index (χ3n) is 4.56. The van der Waals surface area contributed by atoms with Gasteiger partial charge in [-0.1, -0.05) is 12.1 Å². The zero-order valence-corrected chi connectivity index (χ0v) is 14.7. The second-order valence-electron chi connectivity index (χ2n) is 6.17. The molecule has 0 saturated carbocycles. The summed E-state index contributed by atoms with van der Waals surface area (Å²) in [6.45, 7) is 2.56. The Hall–Kier alpha value is -2.34. The first kappa shape index (κ1) is 17.5. The summed E-state index contributed by atoms with van der Waals surface area (Å²) in [5, 5.41) is 3.31. The maximum absolute atomic E-state index is 13.8. The highest BCUT2D eigenvalue weighted by atomic mass is 19.1. The van der Waals surface area contributed by atoms with Gasteiger partial charge in [-0.25, -0.2) is 4.39 Å². The Kier molecular flexibility index (Phi) is 5.71. The van der Waals surface area contributed by atoms with Gasteiger partial charge in [-0.15, -0.1) is 0 Å². The summed E-state index contributed by atoms with van der Waals surface area (Å²) in [5.41, 5.74) is 1.46. The molecule has 0 radical (unpaired) electrons. The van der Waals surface area contributed by atoms with Crippen LogP contribution in [0.1, 0.15) is 18.5 Å². The molecule has 134 valence electrons. The second-order valence-corrected chi connectivity index (χ2v) is 6.17. The van der Waals surface area contributed by atoms with Crippen molar-refractivity contribution in [2.45, 2.75) is 25.4 Å². The molecule has 6 heteroatoms. The highest BCUT2D eigenvalue weighted by molar-refractivity contribution is 5.45. The maximum Gasteiger partial charge on any atom is 0.183 e. The van der Waals surface area contributed by atoms with Gasteiger partial charge in [0.05, 0.1) is 19.9 Å². The molecular weight excluding hydrogens is 321 g/mol. The number of likely N-dealkylation sites (tertiary alicyclic amines) is 1. The molecule has 0 aliphatic carbocycles. The first-order valence-corrected chi connectivity index (χ1v) is 8.50. The number of benzene rings is 1. The molecule has 2 heterocycles. The van der Waals surface area contributed by atoms with Gasteiger partial charge in [-0.3, -0.25) is 9.88 Å². The Labute approximate surface area is 147 Å². The van der Waals surface area contributed by atoms with Crippen molar-refractivity contribution >= 4 is 5.69 Å². The topological polar surface area (TPSA) is 46.6 Å². The molecule has 0 bridgehead atoms. The van der Waals surface area contributed by atoms with Gasteiger partial charge in [-0.05, 0) is 25.0 Å². The number of nitrogens with zero attached hydrogens (tertiary/aromatic N) is 2. The van der Waals surface area contributed by atoms with Crippen molar-refractivity contribution in [3.63, 3.8) is 0 Å². The van der Waals surface area contributed by atoms with Gasteiger partial charge in [0.2, 0.25) is 0 Å². The summed E-state index contributed by atoms with van der Waals surface area (Å²) in [5.74, 6) is 1.19. The highest BCUT2D eigenvalue weighted by Gasteiger charge is 2.22. The Balaban J connectivity index is 1.57. The molecule has 0 spiro atoms. The molecule has 5 nitrogen and oxygen atoms in total. The van der Waals surface area contributed by atoms with Gasteiger partial charge in [0, 0.05) is 37.9 Å². The first-order valence-electron chi connectivity index (χ1n) is 8.50. The van der Waals surface area contributed by atoms with Crippen molar-refractivity contribution in [2.24, 2.45) is 0 Å². The lowest BCUT2D eigenvalue weighted by molar-refractivity contribution is 0.205. The summed E-state index contributed by atoms with van der Waals surface area (Å²) in [6, 6.07) is 8.91. The minimum absolute atomic E-state index is 0.199. The van der Waals surface area contributed by atoms with Gasteiger partial charge < -0.3 is 14.8 Å². The third-order valence-corrected chi connectivity index (χ3v) is 4.56. The molecule has 0 atom stereocenters. The maximum atomic E-state index is 13.8. The number of pyridine rings is 1. The van der Waals surface area contributed by atoms with Crippen LogP contribution in [0.2, 0.25) is 0 Å². The molecule has 1 aromatic heterocycles. The van der Waals surface area contributed by atoms with Gasteiger partial charge in [0.1, 0.15) is 11.5 Å². The van der Waals surface area contributed by atoms with Gasteiger partial charge in [0.25, 0.3) is 0 Å². The lowest BCUT2D eigenvalue weighted by atomic mass is 10.0. The van der Waals surface area contributed by atoms with E-state index in [1.165, 1.54) is 6.07 Å². The number of rotatable bonds is 6. The van der Waals surface area contributed by atoms with Crippen molar-refractivity contribution in [3.8, 4) is 11.5 Å². The Bertz CT molecular complexity index is 703. The van der Waals surface area contributed by atoms with Crippen molar-refractivity contribution in [2.75, 3.05) is 32.6 Å². The largest absolute Gasteiger partial charge is 0.493 e. The predicted molar refractivity (Wildman–Crippen MR) is 95.7 cm³/mol. The van der Waals surface area contributed by atoms with E-state index in [9.17, 15) is 4.39 Å². The van der Waals surface area contributed by atoms with Gasteiger partial charge in [0.15, 0.2) is 11.5 Å². The average molecular weight is 345 g/mol. The number of ether oxygens (including phenoxy) is 2. The number of anilines is 1. The molecule has 1 fully saturated rings. The van der Waals surface area contributed by atoms with Crippen LogP contribution in [0.5, 0.6) is 11.5 Å². The zero-order valence-electron chi connectivity index (χ0n) is 14.7. The van der Waals surface area contributed by atoms with E-state index in [-0.39, 0.29) is 11.9 Å². The highest BCUT2D eigenvalue weighted by Crippen LogP contribution is 2.30. The van der Waals surface area contributed by atoms with Crippen molar-refractivity contribution in [3.05, 3.63) is 48.0 Å². The predicted octanol–water partition coefficient (Wildman–Crippen LogP) is 3.31. The van der Waals surface area contributed by atoms with Crippen LogP contribution in [0.25, 0.3) is 0 Å². The lowest BCUT2D eigenvalue weighted by Gasteiger charge is -2.33. The fraction of sp³-hybridized carbons (Fsp3) is 0.421. The van der Waals surface area contributed by atoms with Crippen molar-refractivity contribution < 1.29 is 13.9 Å². The molecular formula is C19H24FN3O2. The zero-order chi connectivity index (χ0) is 17.6. The number of hydrogen-bond donors (Lipinski definition) is 1. The molecule has 1 aromatic carbocycles. The number of aromatic nitrogens is 1. The number of para-hydroxylation sites is 1. The van der Waals surface area contributed by atoms with E-state index in [1.807, 2.05) is 6.07 Å². The SMILES string of the molecule is COc1ccnc(CN2CCC(Nc3ccccc3F)CC2)c1OC.